The van der Waals surface area contributed by atoms with Crippen LogP contribution >= 0.6 is 0 Å². The van der Waals surface area contributed by atoms with Gasteiger partial charge in [0.05, 0.1) is 39.7 Å². The predicted octanol–water partition coefficient (Wildman–Crippen LogP) is 12.7. The minimum absolute atomic E-state index is 0.330. The molecule has 0 spiro atoms. The number of nitrogens with zero attached hydrogens (tertiary/aromatic N) is 2. The highest BCUT2D eigenvalue weighted by Gasteiger charge is 2.30. The van der Waals surface area contributed by atoms with E-state index >= 15 is 0 Å². The van der Waals surface area contributed by atoms with Crippen molar-refractivity contribution < 1.29 is 13.2 Å². The summed E-state index contributed by atoms with van der Waals surface area (Å²) in [6.07, 6.45) is -3.37. The number of halogens is 3. The zero-order valence-electron chi connectivity index (χ0n) is 28.0. The van der Waals surface area contributed by atoms with Gasteiger partial charge in [0.15, 0.2) is 0 Å². The summed E-state index contributed by atoms with van der Waals surface area (Å²) in [6, 6.07) is 41.3. The first-order chi connectivity index (χ1) is 24.8. The SMILES string of the molecule is CCC(C)Nc1ccc(NNc2ccc(NNc3ccc(N=Nc4ccc(C(F)(F)F)cc4)c4ccccc34)c3ccccc23)c2ccccc12. The fraction of sp³-hybridized carbons (Fsp3) is 0.122. The first-order valence-corrected chi connectivity index (χ1v) is 16.7. The lowest BCUT2D eigenvalue weighted by Gasteiger charge is -2.19. The fourth-order valence-electron chi connectivity index (χ4n) is 6.00. The third-order valence-corrected chi connectivity index (χ3v) is 8.89. The molecular formula is C41H36F3N7. The summed E-state index contributed by atoms with van der Waals surface area (Å²) >= 11 is 0. The van der Waals surface area contributed by atoms with Gasteiger partial charge in [-0.05, 0) is 74.0 Å². The number of nitrogens with one attached hydrogen (secondary N) is 5. The van der Waals surface area contributed by atoms with Crippen molar-refractivity contribution in [2.75, 3.05) is 27.0 Å². The molecule has 0 aliphatic rings. The van der Waals surface area contributed by atoms with Crippen LogP contribution in [-0.2, 0) is 6.18 Å². The second-order valence-corrected chi connectivity index (χ2v) is 12.3. The van der Waals surface area contributed by atoms with Crippen LogP contribution in [0.15, 0.2) is 144 Å². The first-order valence-electron chi connectivity index (χ1n) is 16.7. The van der Waals surface area contributed by atoms with Crippen LogP contribution in [0.1, 0.15) is 25.8 Å². The van der Waals surface area contributed by atoms with Gasteiger partial charge < -0.3 is 27.0 Å². The Labute approximate surface area is 293 Å². The van der Waals surface area contributed by atoms with E-state index in [1.54, 1.807) is 0 Å². The first kappa shape index (κ1) is 33.2. The Morgan fingerprint density at radius 1 is 0.490 bits per heavy atom. The largest absolute Gasteiger partial charge is 0.416 e. The van der Waals surface area contributed by atoms with Crippen LogP contribution in [0.3, 0.4) is 0 Å². The fourth-order valence-corrected chi connectivity index (χ4v) is 6.00. The minimum atomic E-state index is -4.40. The normalized spacial score (nSPS) is 12.3. The Kier molecular flexibility index (Phi) is 9.30. The molecule has 7 rings (SSSR count). The van der Waals surface area contributed by atoms with E-state index in [1.807, 2.05) is 66.7 Å². The van der Waals surface area contributed by atoms with Crippen molar-refractivity contribution in [3.05, 3.63) is 139 Å². The Bertz CT molecular complexity index is 2350. The highest BCUT2D eigenvalue weighted by atomic mass is 19.4. The van der Waals surface area contributed by atoms with Crippen LogP contribution in [0, 0.1) is 0 Å². The molecular weight excluding hydrogens is 647 g/mol. The highest BCUT2D eigenvalue weighted by molar-refractivity contribution is 6.05. The van der Waals surface area contributed by atoms with E-state index in [9.17, 15) is 13.2 Å². The van der Waals surface area contributed by atoms with Crippen molar-refractivity contribution in [3.63, 3.8) is 0 Å². The van der Waals surface area contributed by atoms with Crippen LogP contribution in [0.5, 0.6) is 0 Å². The third-order valence-electron chi connectivity index (χ3n) is 8.89. The second-order valence-electron chi connectivity index (χ2n) is 12.3. The molecule has 0 bridgehead atoms. The third kappa shape index (κ3) is 7.21. The molecule has 0 heterocycles. The summed E-state index contributed by atoms with van der Waals surface area (Å²) in [6.45, 7) is 4.36. The van der Waals surface area contributed by atoms with Crippen molar-refractivity contribution in [1.29, 1.82) is 0 Å². The maximum Gasteiger partial charge on any atom is 0.416 e. The zero-order valence-corrected chi connectivity index (χ0v) is 28.0. The summed E-state index contributed by atoms with van der Waals surface area (Å²) in [7, 11) is 0. The van der Waals surface area contributed by atoms with Crippen molar-refractivity contribution in [3.8, 4) is 0 Å². The number of hydrogen-bond acceptors (Lipinski definition) is 7. The zero-order chi connectivity index (χ0) is 35.4. The molecule has 0 aromatic heterocycles. The van der Waals surface area contributed by atoms with E-state index in [0.29, 0.717) is 17.4 Å². The molecule has 256 valence electrons. The van der Waals surface area contributed by atoms with Crippen LogP contribution in [-0.4, -0.2) is 6.04 Å². The van der Waals surface area contributed by atoms with E-state index in [0.717, 1.165) is 79.3 Å². The van der Waals surface area contributed by atoms with Gasteiger partial charge in [-0.1, -0.05) is 79.7 Å². The maximum absolute atomic E-state index is 13.0. The molecule has 0 amide bonds. The molecule has 7 aromatic carbocycles. The van der Waals surface area contributed by atoms with Gasteiger partial charge in [0.2, 0.25) is 0 Å². The van der Waals surface area contributed by atoms with Gasteiger partial charge in [-0.3, -0.25) is 0 Å². The lowest BCUT2D eigenvalue weighted by atomic mass is 10.1. The van der Waals surface area contributed by atoms with Crippen LogP contribution in [0.4, 0.5) is 53.0 Å². The molecule has 1 unspecified atom stereocenters. The summed E-state index contributed by atoms with van der Waals surface area (Å²) in [5, 5.41) is 18.2. The Morgan fingerprint density at radius 2 is 0.882 bits per heavy atom. The number of benzene rings is 7. The van der Waals surface area contributed by atoms with Gasteiger partial charge in [-0.25, -0.2) is 0 Å². The van der Waals surface area contributed by atoms with Crippen LogP contribution in [0.2, 0.25) is 0 Å². The van der Waals surface area contributed by atoms with E-state index in [-0.39, 0.29) is 0 Å². The molecule has 0 saturated heterocycles. The van der Waals surface area contributed by atoms with Gasteiger partial charge in [-0.2, -0.15) is 18.3 Å². The Balaban J connectivity index is 1.10. The number of hydrogen-bond donors (Lipinski definition) is 5. The monoisotopic (exact) mass is 683 g/mol. The highest BCUT2D eigenvalue weighted by Crippen LogP contribution is 2.36. The summed E-state index contributed by atoms with van der Waals surface area (Å²) < 4.78 is 38.9. The predicted molar refractivity (Wildman–Crippen MR) is 205 cm³/mol. The smallest absolute Gasteiger partial charge is 0.382 e. The number of azo groups is 1. The molecule has 5 N–H and O–H groups in total. The van der Waals surface area contributed by atoms with Crippen LogP contribution in [0.25, 0.3) is 32.3 Å². The van der Waals surface area contributed by atoms with Crippen molar-refractivity contribution in [2.24, 2.45) is 10.2 Å². The molecule has 51 heavy (non-hydrogen) atoms. The maximum atomic E-state index is 13.0. The number of fused-ring (bicyclic) bond motifs is 3. The number of anilines is 5. The lowest BCUT2D eigenvalue weighted by molar-refractivity contribution is -0.137. The van der Waals surface area contributed by atoms with E-state index in [2.05, 4.69) is 93.6 Å². The number of hydrazine groups is 2. The second kappa shape index (κ2) is 14.3. The average Bonchev–Trinajstić information content (AvgIpc) is 3.16. The van der Waals surface area contributed by atoms with E-state index in [1.165, 1.54) is 12.1 Å². The molecule has 10 heteroatoms. The number of rotatable bonds is 11. The number of alkyl halides is 3. The van der Waals surface area contributed by atoms with Gasteiger partial charge in [0, 0.05) is 44.0 Å². The molecule has 0 saturated carbocycles. The molecule has 0 radical (unpaired) electrons. The molecule has 1 atom stereocenters. The Morgan fingerprint density at radius 3 is 1.33 bits per heavy atom. The van der Waals surface area contributed by atoms with Crippen LogP contribution < -0.4 is 27.0 Å². The topological polar surface area (TPSA) is 84.9 Å². The van der Waals surface area contributed by atoms with Gasteiger partial charge >= 0.3 is 6.18 Å². The van der Waals surface area contributed by atoms with Crippen molar-refractivity contribution in [1.82, 2.24) is 0 Å². The Hall–Kier alpha value is -6.29. The van der Waals surface area contributed by atoms with Crippen molar-refractivity contribution in [2.45, 2.75) is 32.5 Å². The van der Waals surface area contributed by atoms with Crippen molar-refractivity contribution >= 4 is 72.1 Å². The molecule has 7 aromatic rings. The molecule has 7 nitrogen and oxygen atoms in total. The quantitative estimate of drug-likeness (QED) is 0.0692. The summed E-state index contributed by atoms with van der Waals surface area (Å²) in [5.74, 6) is 0. The summed E-state index contributed by atoms with van der Waals surface area (Å²) in [5.41, 5.74) is 18.6. The minimum Gasteiger partial charge on any atom is -0.382 e. The van der Waals surface area contributed by atoms with Gasteiger partial charge in [-0.15, -0.1) is 5.11 Å². The molecule has 0 aliphatic heterocycles. The summed E-state index contributed by atoms with van der Waals surface area (Å²) in [4.78, 5) is 0. The molecule has 0 fully saturated rings. The van der Waals surface area contributed by atoms with E-state index < -0.39 is 11.7 Å². The van der Waals surface area contributed by atoms with Gasteiger partial charge in [0.1, 0.15) is 0 Å². The lowest BCUT2D eigenvalue weighted by Crippen LogP contribution is -2.14. The van der Waals surface area contributed by atoms with E-state index in [4.69, 9.17) is 0 Å². The van der Waals surface area contributed by atoms with Gasteiger partial charge in [0.25, 0.3) is 0 Å². The average molecular weight is 684 g/mol. The molecule has 0 aliphatic carbocycles. The standard InChI is InChI=1S/C41H36F3N7/c1-3-26(2)45-35-20-21-37(30-11-5-4-10-29(30)35)48-49-39-24-25-40(34-15-9-8-14-33(34)39)51-50-38-23-22-36(31-12-6-7-13-32(31)38)47-46-28-18-16-27(17-19-28)41(42,43)44/h4-26,45,48-51H,3H2,1-2H3.